The Kier molecular flexibility index (Phi) is 7.29. The first-order valence-corrected chi connectivity index (χ1v) is 12.7. The molecule has 5 rings (SSSR count). The molecule has 0 radical (unpaired) electrons. The SMILES string of the molecule is COC(=O)c1cc2ccccc2nc1COc1ccc(-c2nn(C(=O)OC(C)(C)C)cc2-c2ccncc2)cc1. The van der Waals surface area contributed by atoms with E-state index in [2.05, 4.69) is 15.1 Å². The van der Waals surface area contributed by atoms with E-state index in [-0.39, 0.29) is 6.61 Å². The first-order valence-electron chi connectivity index (χ1n) is 12.7. The molecule has 0 aliphatic rings. The van der Waals surface area contributed by atoms with Gasteiger partial charge >= 0.3 is 12.1 Å². The Morgan fingerprint density at radius 1 is 0.925 bits per heavy atom. The van der Waals surface area contributed by atoms with Crippen LogP contribution in [-0.2, 0) is 16.1 Å². The fourth-order valence-corrected chi connectivity index (χ4v) is 4.15. The molecule has 0 atom stereocenters. The van der Waals surface area contributed by atoms with Crippen molar-refractivity contribution in [2.75, 3.05) is 7.11 Å². The van der Waals surface area contributed by atoms with E-state index in [9.17, 15) is 9.59 Å². The summed E-state index contributed by atoms with van der Waals surface area (Å²) < 4.78 is 17.7. The summed E-state index contributed by atoms with van der Waals surface area (Å²) in [5.74, 6) is 0.1000. The lowest BCUT2D eigenvalue weighted by molar-refractivity contribution is 0.0514. The minimum atomic E-state index is -0.660. The largest absolute Gasteiger partial charge is 0.487 e. The van der Waals surface area contributed by atoms with Crippen molar-refractivity contribution < 1.29 is 23.8 Å². The molecule has 0 spiro atoms. The van der Waals surface area contributed by atoms with Crippen molar-refractivity contribution in [3.63, 3.8) is 0 Å². The molecule has 5 aromatic rings. The molecule has 0 saturated carbocycles. The third-order valence-corrected chi connectivity index (χ3v) is 6.00. The van der Waals surface area contributed by atoms with Crippen molar-refractivity contribution in [1.82, 2.24) is 19.7 Å². The van der Waals surface area contributed by atoms with Gasteiger partial charge < -0.3 is 14.2 Å². The van der Waals surface area contributed by atoms with Gasteiger partial charge in [-0.05, 0) is 74.9 Å². The van der Waals surface area contributed by atoms with Crippen molar-refractivity contribution in [1.29, 1.82) is 0 Å². The fourth-order valence-electron chi connectivity index (χ4n) is 4.15. The molecule has 3 heterocycles. The van der Waals surface area contributed by atoms with Gasteiger partial charge in [-0.15, -0.1) is 0 Å². The third kappa shape index (κ3) is 5.83. The smallest absolute Gasteiger partial charge is 0.435 e. The summed E-state index contributed by atoms with van der Waals surface area (Å²) in [6.45, 7) is 5.49. The Morgan fingerprint density at radius 2 is 1.65 bits per heavy atom. The number of benzene rings is 2. The molecule has 0 aliphatic heterocycles. The monoisotopic (exact) mass is 536 g/mol. The maximum absolute atomic E-state index is 12.7. The molecule has 0 amide bonds. The van der Waals surface area contributed by atoms with E-state index < -0.39 is 17.7 Å². The summed E-state index contributed by atoms with van der Waals surface area (Å²) in [6, 6.07) is 20.3. The Hall–Kier alpha value is -5.05. The summed E-state index contributed by atoms with van der Waals surface area (Å²) in [4.78, 5) is 33.9. The summed E-state index contributed by atoms with van der Waals surface area (Å²) in [6.07, 6.45) is 4.45. The van der Waals surface area contributed by atoms with Crippen LogP contribution in [0.5, 0.6) is 5.75 Å². The first-order chi connectivity index (χ1) is 19.2. The van der Waals surface area contributed by atoms with Gasteiger partial charge in [0, 0.05) is 35.1 Å². The Bertz CT molecular complexity index is 1670. The molecule has 0 N–H and O–H groups in total. The molecule has 3 aromatic heterocycles. The summed E-state index contributed by atoms with van der Waals surface area (Å²) in [7, 11) is 1.34. The number of esters is 1. The highest BCUT2D eigenvalue weighted by molar-refractivity contribution is 5.95. The van der Waals surface area contributed by atoms with E-state index in [0.717, 1.165) is 27.6 Å². The number of nitrogens with zero attached hydrogens (tertiary/aromatic N) is 4. The van der Waals surface area contributed by atoms with Crippen LogP contribution in [-0.4, -0.2) is 44.5 Å². The average Bonchev–Trinajstić information content (AvgIpc) is 3.41. The van der Waals surface area contributed by atoms with Crippen LogP contribution in [0.4, 0.5) is 4.79 Å². The molecule has 0 unspecified atom stereocenters. The summed E-state index contributed by atoms with van der Waals surface area (Å²) >= 11 is 0. The van der Waals surface area contributed by atoms with Crippen molar-refractivity contribution in [2.24, 2.45) is 0 Å². The normalized spacial score (nSPS) is 11.3. The predicted octanol–water partition coefficient (Wildman–Crippen LogP) is 6.31. The number of pyridine rings is 2. The first kappa shape index (κ1) is 26.6. The van der Waals surface area contributed by atoms with Gasteiger partial charge in [0.1, 0.15) is 23.7 Å². The lowest BCUT2D eigenvalue weighted by atomic mass is 10.0. The van der Waals surface area contributed by atoms with Gasteiger partial charge in [0.25, 0.3) is 0 Å². The third-order valence-electron chi connectivity index (χ3n) is 6.00. The summed E-state index contributed by atoms with van der Waals surface area (Å²) in [5, 5.41) is 5.39. The van der Waals surface area contributed by atoms with Crippen LogP contribution >= 0.6 is 0 Å². The zero-order valence-electron chi connectivity index (χ0n) is 22.6. The van der Waals surface area contributed by atoms with Crippen LogP contribution in [0, 0.1) is 0 Å². The second-order valence-electron chi connectivity index (χ2n) is 10.0. The van der Waals surface area contributed by atoms with E-state index in [1.807, 2.05) is 48.5 Å². The molecular weight excluding hydrogens is 508 g/mol. The number of methoxy groups -OCH3 is 1. The van der Waals surface area contributed by atoms with Crippen molar-refractivity contribution in [3.05, 3.63) is 96.6 Å². The number of fused-ring (bicyclic) bond motifs is 1. The number of carbonyl (C=O) groups excluding carboxylic acids is 2. The minimum Gasteiger partial charge on any atom is -0.487 e. The van der Waals surface area contributed by atoms with Crippen LogP contribution in [0.15, 0.2) is 85.3 Å². The zero-order valence-corrected chi connectivity index (χ0v) is 22.6. The van der Waals surface area contributed by atoms with Crippen molar-refractivity contribution >= 4 is 23.0 Å². The molecule has 2 aromatic carbocycles. The number of hydrogen-bond acceptors (Lipinski definition) is 8. The zero-order chi connectivity index (χ0) is 28.3. The molecule has 0 fully saturated rings. The predicted molar refractivity (Wildman–Crippen MR) is 150 cm³/mol. The van der Waals surface area contributed by atoms with Gasteiger partial charge in [-0.1, -0.05) is 18.2 Å². The quantitative estimate of drug-likeness (QED) is 0.233. The minimum absolute atomic E-state index is 0.0736. The molecule has 0 aliphatic carbocycles. The van der Waals surface area contributed by atoms with Gasteiger partial charge in [0.15, 0.2) is 0 Å². The maximum atomic E-state index is 12.7. The van der Waals surface area contributed by atoms with Gasteiger partial charge in [0.2, 0.25) is 0 Å². The number of ether oxygens (including phenoxy) is 3. The lowest BCUT2D eigenvalue weighted by Gasteiger charge is -2.18. The van der Waals surface area contributed by atoms with Crippen molar-refractivity contribution in [2.45, 2.75) is 33.0 Å². The van der Waals surface area contributed by atoms with E-state index >= 15 is 0 Å². The number of carbonyl (C=O) groups is 2. The van der Waals surface area contributed by atoms with Gasteiger partial charge in [0.05, 0.1) is 23.9 Å². The molecule has 0 saturated heterocycles. The Balaban J connectivity index is 1.42. The molecule has 202 valence electrons. The Labute approximate surface area is 231 Å². The average molecular weight is 537 g/mol. The fraction of sp³-hybridized carbons (Fsp3) is 0.194. The van der Waals surface area contributed by atoms with E-state index in [4.69, 9.17) is 14.2 Å². The molecule has 9 nitrogen and oxygen atoms in total. The highest BCUT2D eigenvalue weighted by Crippen LogP contribution is 2.32. The van der Waals surface area contributed by atoms with E-state index in [1.165, 1.54) is 11.8 Å². The number of hydrogen-bond donors (Lipinski definition) is 0. The van der Waals surface area contributed by atoms with E-state index in [1.54, 1.807) is 57.6 Å². The molecule has 40 heavy (non-hydrogen) atoms. The Morgan fingerprint density at radius 3 is 2.35 bits per heavy atom. The second kappa shape index (κ2) is 11.0. The van der Waals surface area contributed by atoms with Crippen LogP contribution in [0.25, 0.3) is 33.3 Å². The maximum Gasteiger partial charge on any atom is 0.435 e. The van der Waals surface area contributed by atoms with Gasteiger partial charge in [-0.25, -0.2) is 14.6 Å². The van der Waals surface area contributed by atoms with E-state index in [0.29, 0.717) is 22.7 Å². The number of rotatable bonds is 6. The van der Waals surface area contributed by atoms with Gasteiger partial charge in [-0.3, -0.25) is 4.98 Å². The van der Waals surface area contributed by atoms with Crippen LogP contribution in [0.3, 0.4) is 0 Å². The van der Waals surface area contributed by atoms with Crippen LogP contribution in [0.1, 0.15) is 36.8 Å². The standard InChI is InChI=1S/C31H28N4O5/c1-31(2,3)40-30(37)35-18-25(20-13-15-32-16-14-20)28(34-35)21-9-11-23(12-10-21)39-19-27-24(29(36)38-4)17-22-7-5-6-8-26(22)33-27/h5-18H,19H2,1-4H3. The molecule has 9 heteroatoms. The van der Waals surface area contributed by atoms with Crippen LogP contribution < -0.4 is 4.74 Å². The number of aromatic nitrogens is 4. The van der Waals surface area contributed by atoms with Crippen molar-refractivity contribution in [3.8, 4) is 28.1 Å². The molecule has 0 bridgehead atoms. The van der Waals surface area contributed by atoms with Crippen LogP contribution in [0.2, 0.25) is 0 Å². The topological polar surface area (TPSA) is 105 Å². The van der Waals surface area contributed by atoms with Gasteiger partial charge in [-0.2, -0.15) is 9.78 Å². The molecular formula is C31H28N4O5. The number of para-hydroxylation sites is 1. The second-order valence-corrected chi connectivity index (χ2v) is 10.0. The highest BCUT2D eigenvalue weighted by Gasteiger charge is 2.22. The lowest BCUT2D eigenvalue weighted by Crippen LogP contribution is -2.27. The highest BCUT2D eigenvalue weighted by atomic mass is 16.6. The summed E-state index contributed by atoms with van der Waals surface area (Å²) in [5.41, 5.74) is 3.93.